The summed E-state index contributed by atoms with van der Waals surface area (Å²) in [7, 11) is 1.67. The lowest BCUT2D eigenvalue weighted by Crippen LogP contribution is -2.46. The van der Waals surface area contributed by atoms with Crippen molar-refractivity contribution >= 4 is 28.4 Å². The number of amides is 2. The molecule has 3 aromatic carbocycles. The van der Waals surface area contributed by atoms with Gasteiger partial charge in [0.25, 0.3) is 17.4 Å². The van der Waals surface area contributed by atoms with Crippen molar-refractivity contribution in [2.45, 2.75) is 13.5 Å². The average Bonchev–Trinajstić information content (AvgIpc) is 2.86. The molecule has 4 aromatic rings. The van der Waals surface area contributed by atoms with Gasteiger partial charge in [-0.2, -0.15) is 0 Å². The molecule has 0 saturated carbocycles. The predicted molar refractivity (Wildman–Crippen MR) is 131 cm³/mol. The Morgan fingerprint density at radius 2 is 1.59 bits per heavy atom. The molecular formula is C26H25N5O3. The number of benzene rings is 3. The molecular weight excluding hydrogens is 430 g/mol. The Labute approximate surface area is 196 Å². The first-order valence-electron chi connectivity index (χ1n) is 10.8. The van der Waals surface area contributed by atoms with Gasteiger partial charge >= 0.3 is 0 Å². The highest BCUT2D eigenvalue weighted by Crippen LogP contribution is 2.16. The molecule has 2 N–H and O–H groups in total. The average molecular weight is 456 g/mol. The van der Waals surface area contributed by atoms with E-state index in [1.165, 1.54) is 4.57 Å². The van der Waals surface area contributed by atoms with E-state index in [9.17, 15) is 14.4 Å². The van der Waals surface area contributed by atoms with Gasteiger partial charge in [0.05, 0.1) is 24.0 Å². The summed E-state index contributed by atoms with van der Waals surface area (Å²) < 4.78 is 1.50. The van der Waals surface area contributed by atoms with Crippen LogP contribution in [0.1, 0.15) is 21.7 Å². The molecule has 8 heteroatoms. The summed E-state index contributed by atoms with van der Waals surface area (Å²) in [5, 5.41) is 0.538. The molecule has 2 amide bonds. The molecule has 0 bridgehead atoms. The van der Waals surface area contributed by atoms with Crippen molar-refractivity contribution in [1.29, 1.82) is 0 Å². The molecule has 0 aliphatic rings. The Morgan fingerprint density at radius 3 is 2.32 bits per heavy atom. The lowest BCUT2D eigenvalue weighted by molar-refractivity contribution is -0.120. The Hall–Kier alpha value is -4.46. The Balaban J connectivity index is 1.52. The second-order valence-electron chi connectivity index (χ2n) is 7.97. The van der Waals surface area contributed by atoms with Crippen LogP contribution in [-0.2, 0) is 18.4 Å². The molecule has 0 fully saturated rings. The van der Waals surface area contributed by atoms with Gasteiger partial charge < -0.3 is 4.90 Å². The molecule has 0 radical (unpaired) electrons. The third kappa shape index (κ3) is 5.12. The number of rotatable bonds is 6. The highest BCUT2D eigenvalue weighted by molar-refractivity contribution is 5.95. The standard InChI is InChI=1S/C26H25N5O3/c1-18-12-14-19(15-13-18)25(33)29-28-24(32)17-31(20-8-4-3-5-9-20)16-23-27-22-11-7-6-10-21(22)26(34)30(23)2/h3-15H,16-17H2,1-2H3,(H,28,32)(H,29,33). The number of fused-ring (bicyclic) bond motifs is 1. The zero-order valence-corrected chi connectivity index (χ0v) is 19.0. The van der Waals surface area contributed by atoms with E-state index in [1.807, 2.05) is 55.5 Å². The normalized spacial score (nSPS) is 10.6. The van der Waals surface area contributed by atoms with Crippen molar-refractivity contribution in [3.05, 3.63) is 106 Å². The number of hydrazine groups is 1. The number of aryl methyl sites for hydroxylation is 1. The van der Waals surface area contributed by atoms with Crippen molar-refractivity contribution in [3.63, 3.8) is 0 Å². The second-order valence-corrected chi connectivity index (χ2v) is 7.97. The maximum atomic E-state index is 12.8. The Kier molecular flexibility index (Phi) is 6.68. The fourth-order valence-corrected chi connectivity index (χ4v) is 3.57. The van der Waals surface area contributed by atoms with E-state index in [2.05, 4.69) is 15.8 Å². The smallest absolute Gasteiger partial charge is 0.269 e. The first kappa shape index (κ1) is 22.7. The topological polar surface area (TPSA) is 96.3 Å². The van der Waals surface area contributed by atoms with Crippen molar-refractivity contribution in [1.82, 2.24) is 20.4 Å². The van der Waals surface area contributed by atoms with E-state index in [4.69, 9.17) is 0 Å². The van der Waals surface area contributed by atoms with Crippen LogP contribution >= 0.6 is 0 Å². The quantitative estimate of drug-likeness (QED) is 0.436. The van der Waals surface area contributed by atoms with E-state index in [0.717, 1.165) is 11.3 Å². The van der Waals surface area contributed by atoms with Crippen LogP contribution in [0.15, 0.2) is 83.7 Å². The zero-order valence-electron chi connectivity index (χ0n) is 19.0. The molecule has 0 spiro atoms. The van der Waals surface area contributed by atoms with Gasteiger partial charge in [-0.3, -0.25) is 29.8 Å². The molecule has 4 rings (SSSR count). The van der Waals surface area contributed by atoms with Crippen LogP contribution in [-0.4, -0.2) is 27.9 Å². The second kappa shape index (κ2) is 9.99. The van der Waals surface area contributed by atoms with Crippen LogP contribution in [0.3, 0.4) is 0 Å². The minimum Gasteiger partial charge on any atom is -0.355 e. The number of carbonyl (C=O) groups excluding carboxylic acids is 2. The summed E-state index contributed by atoms with van der Waals surface area (Å²) in [6, 6.07) is 23.6. The van der Waals surface area contributed by atoms with Gasteiger partial charge in [-0.15, -0.1) is 0 Å². The van der Waals surface area contributed by atoms with Gasteiger partial charge in [0.1, 0.15) is 5.82 Å². The van der Waals surface area contributed by atoms with E-state index in [0.29, 0.717) is 22.3 Å². The number of hydrogen-bond donors (Lipinski definition) is 2. The fourth-order valence-electron chi connectivity index (χ4n) is 3.57. The van der Waals surface area contributed by atoms with Crippen molar-refractivity contribution in [3.8, 4) is 0 Å². The summed E-state index contributed by atoms with van der Waals surface area (Å²) in [5.74, 6) is -0.294. The third-order valence-electron chi connectivity index (χ3n) is 5.49. The number of para-hydroxylation sites is 2. The molecule has 172 valence electrons. The van der Waals surface area contributed by atoms with E-state index in [-0.39, 0.29) is 18.6 Å². The van der Waals surface area contributed by atoms with Gasteiger partial charge in [0.15, 0.2) is 0 Å². The number of anilines is 1. The third-order valence-corrected chi connectivity index (χ3v) is 5.49. The molecule has 0 aliphatic heterocycles. The molecule has 0 unspecified atom stereocenters. The number of hydrogen-bond acceptors (Lipinski definition) is 5. The summed E-state index contributed by atoms with van der Waals surface area (Å²) in [5.41, 5.74) is 7.63. The number of carbonyl (C=O) groups is 2. The lowest BCUT2D eigenvalue weighted by Gasteiger charge is -2.25. The summed E-state index contributed by atoms with van der Waals surface area (Å²) in [6.45, 7) is 2.10. The summed E-state index contributed by atoms with van der Waals surface area (Å²) in [4.78, 5) is 44.3. The van der Waals surface area contributed by atoms with Crippen LogP contribution in [0.25, 0.3) is 10.9 Å². The van der Waals surface area contributed by atoms with Gasteiger partial charge in [0.2, 0.25) is 0 Å². The predicted octanol–water partition coefficient (Wildman–Crippen LogP) is 2.71. The minimum atomic E-state index is -0.407. The molecule has 0 atom stereocenters. The van der Waals surface area contributed by atoms with E-state index < -0.39 is 11.8 Å². The van der Waals surface area contributed by atoms with Crippen molar-refractivity contribution in [2.24, 2.45) is 7.05 Å². The largest absolute Gasteiger partial charge is 0.355 e. The molecule has 8 nitrogen and oxygen atoms in total. The molecule has 1 aromatic heterocycles. The first-order valence-corrected chi connectivity index (χ1v) is 10.8. The van der Waals surface area contributed by atoms with Crippen molar-refractivity contribution in [2.75, 3.05) is 11.4 Å². The van der Waals surface area contributed by atoms with Gasteiger partial charge in [-0.25, -0.2) is 4.98 Å². The van der Waals surface area contributed by atoms with E-state index >= 15 is 0 Å². The molecule has 0 aliphatic carbocycles. The summed E-state index contributed by atoms with van der Waals surface area (Å²) in [6.07, 6.45) is 0. The van der Waals surface area contributed by atoms with Gasteiger partial charge in [-0.1, -0.05) is 48.0 Å². The van der Waals surface area contributed by atoms with Gasteiger partial charge in [0, 0.05) is 18.3 Å². The lowest BCUT2D eigenvalue weighted by atomic mass is 10.1. The first-order chi connectivity index (χ1) is 16.4. The fraction of sp³-hybridized carbons (Fsp3) is 0.154. The molecule has 0 saturated heterocycles. The van der Waals surface area contributed by atoms with Crippen LogP contribution in [0.2, 0.25) is 0 Å². The van der Waals surface area contributed by atoms with Crippen LogP contribution in [0.4, 0.5) is 5.69 Å². The minimum absolute atomic E-state index is 0.0547. The highest BCUT2D eigenvalue weighted by Gasteiger charge is 2.17. The van der Waals surface area contributed by atoms with E-state index in [1.54, 1.807) is 42.3 Å². The highest BCUT2D eigenvalue weighted by atomic mass is 16.2. The summed E-state index contributed by atoms with van der Waals surface area (Å²) >= 11 is 0. The van der Waals surface area contributed by atoms with Crippen LogP contribution in [0.5, 0.6) is 0 Å². The maximum Gasteiger partial charge on any atom is 0.269 e. The Bertz CT molecular complexity index is 1380. The van der Waals surface area contributed by atoms with Crippen molar-refractivity contribution < 1.29 is 9.59 Å². The number of nitrogens with zero attached hydrogens (tertiary/aromatic N) is 3. The maximum absolute atomic E-state index is 12.8. The van der Waals surface area contributed by atoms with Crippen LogP contribution < -0.4 is 21.3 Å². The molecule has 1 heterocycles. The zero-order chi connectivity index (χ0) is 24.1. The molecule has 34 heavy (non-hydrogen) atoms. The monoisotopic (exact) mass is 455 g/mol. The number of aromatic nitrogens is 2. The van der Waals surface area contributed by atoms with Crippen LogP contribution in [0, 0.1) is 6.92 Å². The Morgan fingerprint density at radius 1 is 0.912 bits per heavy atom. The SMILES string of the molecule is Cc1ccc(C(=O)NNC(=O)CN(Cc2nc3ccccc3c(=O)n2C)c2ccccc2)cc1. The van der Waals surface area contributed by atoms with Gasteiger partial charge in [-0.05, 0) is 43.3 Å². The number of nitrogens with one attached hydrogen (secondary N) is 2.